The van der Waals surface area contributed by atoms with Crippen LogP contribution in [0.25, 0.3) is 11.1 Å². The van der Waals surface area contributed by atoms with E-state index in [9.17, 15) is 31.8 Å². The zero-order chi connectivity index (χ0) is 33.1. The van der Waals surface area contributed by atoms with E-state index < -0.39 is 50.8 Å². The van der Waals surface area contributed by atoms with Gasteiger partial charge in [-0.05, 0) is 101 Å². The third-order valence-electron chi connectivity index (χ3n) is 5.65. The predicted molar refractivity (Wildman–Crippen MR) is 162 cm³/mol. The summed E-state index contributed by atoms with van der Waals surface area (Å²) in [5.74, 6) is -0.611. The third kappa shape index (κ3) is 9.83. The van der Waals surface area contributed by atoms with Gasteiger partial charge in [-0.3, -0.25) is 10.1 Å². The Morgan fingerprint density at radius 2 is 1.27 bits per heavy atom. The molecule has 3 aromatic carbocycles. The van der Waals surface area contributed by atoms with Gasteiger partial charge in [0.2, 0.25) is 0 Å². The molecule has 9 nitrogen and oxygen atoms in total. The van der Waals surface area contributed by atoms with E-state index in [4.69, 9.17) is 9.47 Å². The fourth-order valence-corrected chi connectivity index (χ4v) is 4.80. The number of ether oxygens (including phenoxy) is 2. The molecule has 0 fully saturated rings. The summed E-state index contributed by atoms with van der Waals surface area (Å²) in [4.78, 5) is 38.0. The van der Waals surface area contributed by atoms with Gasteiger partial charge in [-0.15, -0.1) is 4.36 Å². The smallest absolute Gasteiger partial charge is 0.442 e. The number of halogens is 3. The van der Waals surface area contributed by atoms with E-state index in [0.29, 0.717) is 11.1 Å². The molecule has 236 valence electrons. The zero-order valence-corrected chi connectivity index (χ0v) is 26.1. The molecule has 0 spiro atoms. The normalized spacial score (nSPS) is 13.3. The lowest BCUT2D eigenvalue weighted by Crippen LogP contribution is -2.27. The van der Waals surface area contributed by atoms with E-state index in [1.54, 1.807) is 47.6 Å². The van der Waals surface area contributed by atoms with Gasteiger partial charge in [0.25, 0.3) is 5.91 Å². The molecule has 0 radical (unpaired) electrons. The molecular weight excluding hydrogens is 599 g/mol. The number of rotatable bonds is 5. The summed E-state index contributed by atoms with van der Waals surface area (Å²) in [5, 5.41) is 5.27. The van der Waals surface area contributed by atoms with Crippen LogP contribution in [0.3, 0.4) is 0 Å². The fourth-order valence-electron chi connectivity index (χ4n) is 3.73. The molecule has 0 aliphatic rings. The van der Waals surface area contributed by atoms with E-state index in [1.807, 2.05) is 0 Å². The second-order valence-electron chi connectivity index (χ2n) is 11.8. The minimum Gasteiger partial charge on any atom is -0.444 e. The summed E-state index contributed by atoms with van der Waals surface area (Å²) < 4.78 is 66.3. The van der Waals surface area contributed by atoms with Crippen LogP contribution in [0.1, 0.15) is 57.5 Å². The first-order valence-corrected chi connectivity index (χ1v) is 15.2. The summed E-state index contributed by atoms with van der Waals surface area (Å²) >= 11 is 0. The van der Waals surface area contributed by atoms with E-state index in [0.717, 1.165) is 12.1 Å². The molecule has 13 heteroatoms. The average molecular weight is 634 g/mol. The first-order valence-electron chi connectivity index (χ1n) is 13.3. The number of hydrogen-bond donors (Lipinski definition) is 2. The predicted octanol–water partition coefficient (Wildman–Crippen LogP) is 8.36. The summed E-state index contributed by atoms with van der Waals surface area (Å²) in [5.41, 5.74) is -1.07. The standard InChI is InChI=1S/C31H34F3N3O6S/c1-29(2,3)42-27(39)36-24-17-12-21(19-8-13-22(14-9-19)31(32,33)34)18-25(24)35-26(38)20-10-15-23(16-11-20)44(7,41)37-28(40)43-30(4,5)6/h8-18H,1-7H3,(H,35,38)(H,36,39). The summed E-state index contributed by atoms with van der Waals surface area (Å²) in [6.45, 7) is 10.0. The van der Waals surface area contributed by atoms with Gasteiger partial charge >= 0.3 is 18.4 Å². The number of anilines is 2. The molecule has 2 N–H and O–H groups in total. The van der Waals surface area contributed by atoms with Crippen molar-refractivity contribution in [3.05, 3.63) is 77.9 Å². The van der Waals surface area contributed by atoms with E-state index in [-0.39, 0.29) is 21.8 Å². The number of carbonyl (C=O) groups excluding carboxylic acids is 3. The highest BCUT2D eigenvalue weighted by Gasteiger charge is 2.30. The van der Waals surface area contributed by atoms with Gasteiger partial charge in [0.1, 0.15) is 11.2 Å². The van der Waals surface area contributed by atoms with Gasteiger partial charge in [-0.1, -0.05) is 18.2 Å². The summed E-state index contributed by atoms with van der Waals surface area (Å²) in [7, 11) is -3.18. The second-order valence-corrected chi connectivity index (χ2v) is 14.1. The molecule has 0 saturated carbocycles. The SMILES string of the molecule is CC(C)(C)OC(=O)N=S(C)(=O)c1ccc(C(=O)Nc2cc(-c3ccc(C(F)(F)F)cc3)ccc2NC(=O)OC(C)(C)C)cc1. The van der Waals surface area contributed by atoms with Crippen molar-refractivity contribution in [2.24, 2.45) is 4.36 Å². The number of nitrogens with zero attached hydrogens (tertiary/aromatic N) is 1. The lowest BCUT2D eigenvalue weighted by Gasteiger charge is -2.21. The van der Waals surface area contributed by atoms with E-state index >= 15 is 0 Å². The Labute approximate surface area is 254 Å². The number of alkyl halides is 3. The number of amides is 3. The highest BCUT2D eigenvalue weighted by atomic mass is 32.2. The maximum atomic E-state index is 13.2. The fraction of sp³-hybridized carbons (Fsp3) is 0.323. The van der Waals surface area contributed by atoms with Crippen molar-refractivity contribution in [1.82, 2.24) is 0 Å². The van der Waals surface area contributed by atoms with Crippen molar-refractivity contribution in [3.8, 4) is 11.1 Å². The minimum atomic E-state index is -4.50. The van der Waals surface area contributed by atoms with Crippen LogP contribution >= 0.6 is 0 Å². The van der Waals surface area contributed by atoms with Crippen LogP contribution in [-0.4, -0.2) is 39.8 Å². The molecule has 1 unspecified atom stereocenters. The van der Waals surface area contributed by atoms with Crippen LogP contribution in [0.2, 0.25) is 0 Å². The average Bonchev–Trinajstić information content (AvgIpc) is 2.86. The van der Waals surface area contributed by atoms with Crippen LogP contribution in [0, 0.1) is 0 Å². The minimum absolute atomic E-state index is 0.140. The number of benzene rings is 3. The maximum absolute atomic E-state index is 13.2. The molecule has 0 aromatic heterocycles. The molecule has 3 aromatic rings. The van der Waals surface area contributed by atoms with Gasteiger partial charge in [0, 0.05) is 16.7 Å². The number of hydrogen-bond acceptors (Lipinski definition) is 6. The van der Waals surface area contributed by atoms with Crippen molar-refractivity contribution in [3.63, 3.8) is 0 Å². The molecule has 1 atom stereocenters. The monoisotopic (exact) mass is 633 g/mol. The lowest BCUT2D eigenvalue weighted by molar-refractivity contribution is -0.137. The highest BCUT2D eigenvalue weighted by molar-refractivity contribution is 7.93. The van der Waals surface area contributed by atoms with Crippen molar-refractivity contribution in [1.29, 1.82) is 0 Å². The largest absolute Gasteiger partial charge is 0.444 e. The quantitative estimate of drug-likeness (QED) is 0.291. The Hall–Kier alpha value is -4.39. The zero-order valence-electron chi connectivity index (χ0n) is 25.3. The summed E-state index contributed by atoms with van der Waals surface area (Å²) in [6.07, 6.45) is -4.99. The Morgan fingerprint density at radius 1 is 0.727 bits per heavy atom. The Morgan fingerprint density at radius 3 is 1.80 bits per heavy atom. The van der Waals surface area contributed by atoms with Crippen LogP contribution in [0.4, 0.5) is 34.1 Å². The maximum Gasteiger partial charge on any atom is 0.442 e. The second kappa shape index (κ2) is 12.7. The Kier molecular flexibility index (Phi) is 9.83. The van der Waals surface area contributed by atoms with Crippen LogP contribution < -0.4 is 10.6 Å². The Bertz CT molecular complexity index is 1660. The molecule has 3 amide bonds. The summed E-state index contributed by atoms with van der Waals surface area (Å²) in [6, 6.07) is 14.6. The van der Waals surface area contributed by atoms with Gasteiger partial charge in [-0.2, -0.15) is 13.2 Å². The Balaban J connectivity index is 1.92. The van der Waals surface area contributed by atoms with Gasteiger partial charge in [-0.25, -0.2) is 13.8 Å². The number of carbonyl (C=O) groups is 3. The van der Waals surface area contributed by atoms with Crippen molar-refractivity contribution >= 4 is 39.2 Å². The lowest BCUT2D eigenvalue weighted by atomic mass is 10.0. The molecule has 0 saturated heterocycles. The van der Waals surface area contributed by atoms with Crippen molar-refractivity contribution < 1.29 is 41.2 Å². The first-order chi connectivity index (χ1) is 20.1. The molecule has 3 rings (SSSR count). The van der Waals surface area contributed by atoms with Gasteiger partial charge in [0.05, 0.1) is 26.7 Å². The van der Waals surface area contributed by atoms with Crippen LogP contribution in [-0.2, 0) is 25.4 Å². The van der Waals surface area contributed by atoms with Crippen LogP contribution in [0.5, 0.6) is 0 Å². The van der Waals surface area contributed by atoms with E-state index in [2.05, 4.69) is 15.0 Å². The van der Waals surface area contributed by atoms with Crippen molar-refractivity contribution in [2.45, 2.75) is 63.8 Å². The topological polar surface area (TPSA) is 123 Å². The molecular formula is C31H34F3N3O6S. The molecule has 0 heterocycles. The first kappa shape index (κ1) is 34.1. The van der Waals surface area contributed by atoms with E-state index in [1.165, 1.54) is 54.8 Å². The van der Waals surface area contributed by atoms with Crippen LogP contribution in [0.15, 0.2) is 76.0 Å². The highest BCUT2D eigenvalue weighted by Crippen LogP contribution is 2.33. The molecule has 0 aliphatic carbocycles. The van der Waals surface area contributed by atoms with Gasteiger partial charge in [0.15, 0.2) is 0 Å². The number of nitrogens with one attached hydrogen (secondary N) is 2. The molecule has 0 bridgehead atoms. The third-order valence-corrected chi connectivity index (χ3v) is 7.29. The van der Waals surface area contributed by atoms with Crippen molar-refractivity contribution in [2.75, 3.05) is 16.9 Å². The van der Waals surface area contributed by atoms with Gasteiger partial charge < -0.3 is 14.8 Å². The molecule has 0 aliphatic heterocycles. The molecule has 44 heavy (non-hydrogen) atoms.